The Morgan fingerprint density at radius 2 is 1.91 bits per heavy atom. The summed E-state index contributed by atoms with van der Waals surface area (Å²) in [5.41, 5.74) is 9.45. The first-order chi connectivity index (χ1) is 10.7. The van der Waals surface area contributed by atoms with Crippen LogP contribution < -0.4 is 10.6 Å². The number of aryl methyl sites for hydroxylation is 2. The molecule has 1 aliphatic rings. The second-order valence-corrected chi connectivity index (χ2v) is 6.12. The lowest BCUT2D eigenvalue weighted by Gasteiger charge is -2.35. The van der Waals surface area contributed by atoms with Crippen LogP contribution in [0.15, 0.2) is 24.3 Å². The lowest BCUT2D eigenvalue weighted by Crippen LogP contribution is -2.48. The van der Waals surface area contributed by atoms with Crippen molar-refractivity contribution >= 4 is 16.7 Å². The monoisotopic (exact) mass is 298 g/mol. The van der Waals surface area contributed by atoms with E-state index in [-0.39, 0.29) is 0 Å². The van der Waals surface area contributed by atoms with Crippen LogP contribution in [0.3, 0.4) is 0 Å². The number of nitrogens with two attached hydrogens (primary N) is 1. The van der Waals surface area contributed by atoms with Crippen LogP contribution in [0.25, 0.3) is 10.9 Å². The number of aromatic nitrogens is 1. The molecule has 22 heavy (non-hydrogen) atoms. The molecule has 1 saturated heterocycles. The van der Waals surface area contributed by atoms with Crippen molar-refractivity contribution in [2.75, 3.05) is 44.2 Å². The molecular formula is C18H26N4. The van der Waals surface area contributed by atoms with Gasteiger partial charge in [0.15, 0.2) is 0 Å². The molecule has 4 nitrogen and oxygen atoms in total. The lowest BCUT2D eigenvalue weighted by atomic mass is 10.1. The Bertz CT molecular complexity index is 645. The summed E-state index contributed by atoms with van der Waals surface area (Å²) in [5, 5.41) is 1.28. The Labute approximate surface area is 132 Å². The van der Waals surface area contributed by atoms with Gasteiger partial charge in [0, 0.05) is 44.7 Å². The highest BCUT2D eigenvalue weighted by atomic mass is 15.3. The summed E-state index contributed by atoms with van der Waals surface area (Å²) in [5.74, 6) is 1.11. The third kappa shape index (κ3) is 3.08. The smallest absolute Gasteiger partial charge is 0.129 e. The van der Waals surface area contributed by atoms with Crippen LogP contribution in [0.5, 0.6) is 0 Å². The van der Waals surface area contributed by atoms with Crippen molar-refractivity contribution in [1.82, 2.24) is 9.88 Å². The molecule has 4 heteroatoms. The van der Waals surface area contributed by atoms with Gasteiger partial charge in [-0.1, -0.05) is 13.0 Å². The molecule has 0 atom stereocenters. The number of fused-ring (bicyclic) bond motifs is 1. The summed E-state index contributed by atoms with van der Waals surface area (Å²) in [4.78, 5) is 9.71. The quantitative estimate of drug-likeness (QED) is 0.940. The molecule has 1 aromatic heterocycles. The third-order valence-corrected chi connectivity index (χ3v) is 4.62. The fourth-order valence-electron chi connectivity index (χ4n) is 3.19. The van der Waals surface area contributed by atoms with Gasteiger partial charge in [0.1, 0.15) is 5.82 Å². The van der Waals surface area contributed by atoms with E-state index in [0.717, 1.165) is 57.0 Å². The van der Waals surface area contributed by atoms with Gasteiger partial charge in [-0.3, -0.25) is 4.90 Å². The van der Waals surface area contributed by atoms with Crippen LogP contribution in [-0.2, 0) is 6.42 Å². The molecule has 2 N–H and O–H groups in total. The van der Waals surface area contributed by atoms with Gasteiger partial charge in [-0.15, -0.1) is 0 Å². The van der Waals surface area contributed by atoms with E-state index in [2.05, 4.69) is 47.9 Å². The minimum Gasteiger partial charge on any atom is -0.354 e. The number of piperazine rings is 1. The third-order valence-electron chi connectivity index (χ3n) is 4.62. The van der Waals surface area contributed by atoms with Crippen molar-refractivity contribution in [3.8, 4) is 0 Å². The van der Waals surface area contributed by atoms with Gasteiger partial charge in [-0.25, -0.2) is 4.98 Å². The van der Waals surface area contributed by atoms with E-state index in [1.165, 1.54) is 16.5 Å². The number of nitrogens with zero attached hydrogens (tertiary/aromatic N) is 3. The van der Waals surface area contributed by atoms with Crippen LogP contribution >= 0.6 is 0 Å². The summed E-state index contributed by atoms with van der Waals surface area (Å²) in [6, 6.07) is 8.87. The number of rotatable bonds is 4. The zero-order valence-electron chi connectivity index (χ0n) is 13.7. The van der Waals surface area contributed by atoms with E-state index in [0.29, 0.717) is 0 Å². The predicted molar refractivity (Wildman–Crippen MR) is 93.6 cm³/mol. The lowest BCUT2D eigenvalue weighted by molar-refractivity contribution is 0.264. The van der Waals surface area contributed by atoms with E-state index in [1.807, 2.05) is 0 Å². The molecule has 0 unspecified atom stereocenters. The first-order valence-electron chi connectivity index (χ1n) is 8.29. The van der Waals surface area contributed by atoms with Gasteiger partial charge in [0.25, 0.3) is 0 Å². The molecule has 1 aromatic carbocycles. The van der Waals surface area contributed by atoms with E-state index < -0.39 is 0 Å². The molecule has 1 fully saturated rings. The molecule has 2 heterocycles. The number of hydrogen-bond acceptors (Lipinski definition) is 4. The first-order valence-corrected chi connectivity index (χ1v) is 8.29. The van der Waals surface area contributed by atoms with E-state index in [4.69, 9.17) is 10.7 Å². The Morgan fingerprint density at radius 1 is 1.14 bits per heavy atom. The Balaban J connectivity index is 1.83. The molecule has 118 valence electrons. The van der Waals surface area contributed by atoms with Crippen molar-refractivity contribution in [3.63, 3.8) is 0 Å². The summed E-state index contributed by atoms with van der Waals surface area (Å²) in [6.07, 6.45) is 1.07. The van der Waals surface area contributed by atoms with Gasteiger partial charge in [-0.2, -0.15) is 0 Å². The highest BCUT2D eigenvalue weighted by Gasteiger charge is 2.18. The number of benzene rings is 1. The second-order valence-electron chi connectivity index (χ2n) is 6.12. The largest absolute Gasteiger partial charge is 0.354 e. The highest BCUT2D eigenvalue weighted by molar-refractivity contribution is 5.84. The maximum absolute atomic E-state index is 5.64. The highest BCUT2D eigenvalue weighted by Crippen LogP contribution is 2.24. The van der Waals surface area contributed by atoms with Crippen LogP contribution in [0.1, 0.15) is 18.1 Å². The average Bonchev–Trinajstić information content (AvgIpc) is 2.55. The number of anilines is 1. The Kier molecular flexibility index (Phi) is 4.60. The van der Waals surface area contributed by atoms with Gasteiger partial charge < -0.3 is 10.6 Å². The SMILES string of the molecule is CCc1ccc2nc(N3CCN(CCN)CC3)cc(C)c2c1. The Morgan fingerprint density at radius 3 is 2.59 bits per heavy atom. The average molecular weight is 298 g/mol. The molecule has 0 amide bonds. The molecule has 0 saturated carbocycles. The van der Waals surface area contributed by atoms with Crippen molar-refractivity contribution in [3.05, 3.63) is 35.4 Å². The summed E-state index contributed by atoms with van der Waals surface area (Å²) in [6.45, 7) is 10.3. The summed E-state index contributed by atoms with van der Waals surface area (Å²) < 4.78 is 0. The van der Waals surface area contributed by atoms with Gasteiger partial charge in [0.05, 0.1) is 5.52 Å². The number of pyridine rings is 1. The minimum atomic E-state index is 0.743. The topological polar surface area (TPSA) is 45.4 Å². The first kappa shape index (κ1) is 15.3. The van der Waals surface area contributed by atoms with E-state index in [9.17, 15) is 0 Å². The molecule has 0 spiro atoms. The normalized spacial score (nSPS) is 16.4. The van der Waals surface area contributed by atoms with Gasteiger partial charge in [-0.05, 0) is 42.7 Å². The van der Waals surface area contributed by atoms with Crippen molar-refractivity contribution in [1.29, 1.82) is 0 Å². The maximum Gasteiger partial charge on any atom is 0.129 e. The van der Waals surface area contributed by atoms with Crippen molar-refractivity contribution in [2.45, 2.75) is 20.3 Å². The summed E-state index contributed by atoms with van der Waals surface area (Å²) >= 11 is 0. The Hall–Kier alpha value is -1.65. The van der Waals surface area contributed by atoms with Crippen LogP contribution in [0.2, 0.25) is 0 Å². The zero-order valence-corrected chi connectivity index (χ0v) is 13.7. The molecule has 1 aliphatic heterocycles. The fourth-order valence-corrected chi connectivity index (χ4v) is 3.19. The van der Waals surface area contributed by atoms with E-state index in [1.54, 1.807) is 0 Å². The van der Waals surface area contributed by atoms with E-state index >= 15 is 0 Å². The second kappa shape index (κ2) is 6.63. The zero-order chi connectivity index (χ0) is 15.5. The number of hydrogen-bond donors (Lipinski definition) is 1. The maximum atomic E-state index is 5.64. The molecule has 3 rings (SSSR count). The molecule has 0 radical (unpaired) electrons. The van der Waals surface area contributed by atoms with Crippen molar-refractivity contribution in [2.24, 2.45) is 5.73 Å². The molecule has 2 aromatic rings. The minimum absolute atomic E-state index is 0.743. The van der Waals surface area contributed by atoms with Crippen molar-refractivity contribution < 1.29 is 0 Å². The van der Waals surface area contributed by atoms with Gasteiger partial charge in [0.2, 0.25) is 0 Å². The molecular weight excluding hydrogens is 272 g/mol. The van der Waals surface area contributed by atoms with Crippen LogP contribution in [0.4, 0.5) is 5.82 Å². The van der Waals surface area contributed by atoms with Gasteiger partial charge >= 0.3 is 0 Å². The van der Waals surface area contributed by atoms with Crippen LogP contribution in [-0.4, -0.2) is 49.2 Å². The molecule has 0 aliphatic carbocycles. The predicted octanol–water partition coefficient (Wildman–Crippen LogP) is 2.19. The summed E-state index contributed by atoms with van der Waals surface area (Å²) in [7, 11) is 0. The van der Waals surface area contributed by atoms with Crippen LogP contribution in [0, 0.1) is 6.92 Å². The molecule has 0 bridgehead atoms. The fraction of sp³-hybridized carbons (Fsp3) is 0.500. The standard InChI is InChI=1S/C18H26N4/c1-3-15-4-5-17-16(13-15)14(2)12-18(20-17)22-10-8-21(7-6-19)9-11-22/h4-5,12-13H,3,6-11,19H2,1-2H3.